The molecule has 2 N–H and O–H groups in total. The lowest BCUT2D eigenvalue weighted by atomic mass is 9.95. The van der Waals surface area contributed by atoms with Crippen molar-refractivity contribution < 1.29 is 0 Å². The van der Waals surface area contributed by atoms with Gasteiger partial charge in [0.15, 0.2) is 0 Å². The van der Waals surface area contributed by atoms with E-state index in [1.165, 1.54) is 71.0 Å². The molecule has 2 rings (SSSR count). The molecule has 0 amide bonds. The Bertz CT molecular complexity index is 185. The molecule has 2 aliphatic rings. The van der Waals surface area contributed by atoms with Crippen molar-refractivity contribution in [1.29, 1.82) is 0 Å². The molecule has 2 nitrogen and oxygen atoms in total. The molecule has 94 valence electrons. The van der Waals surface area contributed by atoms with Gasteiger partial charge in [-0.2, -0.15) is 0 Å². The number of rotatable bonds is 3. The first-order valence-corrected chi connectivity index (χ1v) is 7.31. The summed E-state index contributed by atoms with van der Waals surface area (Å²) in [6.45, 7) is 4.84. The Balaban J connectivity index is 1.74. The molecule has 1 unspecified atom stereocenters. The summed E-state index contributed by atoms with van der Waals surface area (Å²) in [4.78, 5) is 2.69. The molecule has 16 heavy (non-hydrogen) atoms. The van der Waals surface area contributed by atoms with E-state index in [-0.39, 0.29) is 0 Å². The van der Waals surface area contributed by atoms with Crippen LogP contribution in [0.3, 0.4) is 0 Å². The lowest BCUT2D eigenvalue weighted by Gasteiger charge is -2.34. The second-order valence-electron chi connectivity index (χ2n) is 5.86. The van der Waals surface area contributed by atoms with Crippen molar-refractivity contribution >= 4 is 0 Å². The highest BCUT2D eigenvalue weighted by Gasteiger charge is 2.21. The van der Waals surface area contributed by atoms with Crippen molar-refractivity contribution in [3.8, 4) is 0 Å². The molecule has 2 fully saturated rings. The third kappa shape index (κ3) is 3.74. The molecule has 1 saturated carbocycles. The smallest absolute Gasteiger partial charge is 0.00218 e. The van der Waals surface area contributed by atoms with E-state index in [0.717, 1.165) is 18.4 Å². The highest BCUT2D eigenvalue weighted by molar-refractivity contribution is 4.76. The zero-order valence-electron chi connectivity index (χ0n) is 10.7. The summed E-state index contributed by atoms with van der Waals surface area (Å²) in [5.74, 6) is 1.76. The molecule has 2 heteroatoms. The van der Waals surface area contributed by atoms with E-state index in [4.69, 9.17) is 5.73 Å². The van der Waals surface area contributed by atoms with E-state index in [1.54, 1.807) is 0 Å². The van der Waals surface area contributed by atoms with Crippen LogP contribution in [0.2, 0.25) is 0 Å². The standard InChI is InChI=1S/C14H28N2/c15-10-14-8-5-9-16(12-14)11-13-6-3-1-2-4-7-13/h13-14H,1-12,15H2. The van der Waals surface area contributed by atoms with Gasteiger partial charge in [0.2, 0.25) is 0 Å². The first kappa shape index (κ1) is 12.4. The molecule has 0 radical (unpaired) electrons. The molecule has 1 atom stereocenters. The average molecular weight is 224 g/mol. The Morgan fingerprint density at radius 2 is 1.56 bits per heavy atom. The van der Waals surface area contributed by atoms with Crippen LogP contribution in [0.25, 0.3) is 0 Å². The topological polar surface area (TPSA) is 29.3 Å². The van der Waals surface area contributed by atoms with Gasteiger partial charge < -0.3 is 10.6 Å². The summed E-state index contributed by atoms with van der Waals surface area (Å²) >= 11 is 0. The minimum atomic E-state index is 0.777. The van der Waals surface area contributed by atoms with Gasteiger partial charge in [0.25, 0.3) is 0 Å². The SMILES string of the molecule is NCC1CCCN(CC2CCCCCC2)C1. The fraction of sp³-hybridized carbons (Fsp3) is 1.00. The maximum Gasteiger partial charge on any atom is 0.00218 e. The van der Waals surface area contributed by atoms with Gasteiger partial charge in [-0.25, -0.2) is 0 Å². The highest BCUT2D eigenvalue weighted by atomic mass is 15.1. The summed E-state index contributed by atoms with van der Waals surface area (Å²) < 4.78 is 0. The van der Waals surface area contributed by atoms with E-state index in [9.17, 15) is 0 Å². The summed E-state index contributed by atoms with van der Waals surface area (Å²) in [5, 5.41) is 0. The van der Waals surface area contributed by atoms with Crippen molar-refractivity contribution in [2.45, 2.75) is 51.4 Å². The number of nitrogens with zero attached hydrogens (tertiary/aromatic N) is 1. The van der Waals surface area contributed by atoms with Crippen LogP contribution in [-0.2, 0) is 0 Å². The van der Waals surface area contributed by atoms with Gasteiger partial charge in [-0.15, -0.1) is 0 Å². The number of hydrogen-bond donors (Lipinski definition) is 1. The Hall–Kier alpha value is -0.0800. The van der Waals surface area contributed by atoms with Gasteiger partial charge in [0, 0.05) is 13.1 Å². The summed E-state index contributed by atoms with van der Waals surface area (Å²) in [6, 6.07) is 0. The van der Waals surface area contributed by atoms with Crippen LogP contribution in [0, 0.1) is 11.8 Å². The van der Waals surface area contributed by atoms with Crippen molar-refractivity contribution in [3.05, 3.63) is 0 Å². The van der Waals surface area contributed by atoms with E-state index in [0.29, 0.717) is 0 Å². The van der Waals surface area contributed by atoms with Gasteiger partial charge in [-0.3, -0.25) is 0 Å². The molecule has 1 aliphatic carbocycles. The monoisotopic (exact) mass is 224 g/mol. The quantitative estimate of drug-likeness (QED) is 0.747. The number of nitrogens with two attached hydrogens (primary N) is 1. The van der Waals surface area contributed by atoms with E-state index in [2.05, 4.69) is 4.90 Å². The van der Waals surface area contributed by atoms with Crippen LogP contribution in [0.1, 0.15) is 51.4 Å². The van der Waals surface area contributed by atoms with Crippen molar-refractivity contribution in [1.82, 2.24) is 4.90 Å². The van der Waals surface area contributed by atoms with Crippen LogP contribution >= 0.6 is 0 Å². The van der Waals surface area contributed by atoms with Crippen molar-refractivity contribution in [2.24, 2.45) is 17.6 Å². The number of likely N-dealkylation sites (tertiary alicyclic amines) is 1. The highest BCUT2D eigenvalue weighted by Crippen LogP contribution is 2.25. The lowest BCUT2D eigenvalue weighted by molar-refractivity contribution is 0.149. The van der Waals surface area contributed by atoms with Crippen LogP contribution < -0.4 is 5.73 Å². The Kier molecular flexibility index (Phi) is 5.11. The molecule has 1 heterocycles. The molecule has 1 saturated heterocycles. The predicted octanol–water partition coefficient (Wildman–Crippen LogP) is 2.63. The number of hydrogen-bond acceptors (Lipinski definition) is 2. The second-order valence-corrected chi connectivity index (χ2v) is 5.86. The van der Waals surface area contributed by atoms with Gasteiger partial charge >= 0.3 is 0 Å². The van der Waals surface area contributed by atoms with Crippen molar-refractivity contribution in [3.63, 3.8) is 0 Å². The maximum atomic E-state index is 5.80. The molecule has 0 aromatic heterocycles. The summed E-state index contributed by atoms with van der Waals surface area (Å²) in [6.07, 6.45) is 11.6. The van der Waals surface area contributed by atoms with Gasteiger partial charge in [0.05, 0.1) is 0 Å². The molecular weight excluding hydrogens is 196 g/mol. The third-order valence-electron chi connectivity index (χ3n) is 4.43. The Morgan fingerprint density at radius 3 is 2.25 bits per heavy atom. The first-order valence-electron chi connectivity index (χ1n) is 7.31. The van der Waals surface area contributed by atoms with Crippen molar-refractivity contribution in [2.75, 3.05) is 26.2 Å². The Morgan fingerprint density at radius 1 is 0.875 bits per heavy atom. The van der Waals surface area contributed by atoms with Crippen LogP contribution in [0.5, 0.6) is 0 Å². The fourth-order valence-corrected chi connectivity index (χ4v) is 3.42. The molecule has 0 aromatic carbocycles. The van der Waals surface area contributed by atoms with Gasteiger partial charge in [-0.05, 0) is 50.6 Å². The van der Waals surface area contributed by atoms with Crippen LogP contribution in [-0.4, -0.2) is 31.1 Å². The van der Waals surface area contributed by atoms with E-state index >= 15 is 0 Å². The molecule has 0 bridgehead atoms. The summed E-state index contributed by atoms with van der Waals surface area (Å²) in [7, 11) is 0. The van der Waals surface area contributed by atoms with Crippen LogP contribution in [0.15, 0.2) is 0 Å². The van der Waals surface area contributed by atoms with Crippen LogP contribution in [0.4, 0.5) is 0 Å². The largest absolute Gasteiger partial charge is 0.330 e. The van der Waals surface area contributed by atoms with Gasteiger partial charge in [-0.1, -0.05) is 25.7 Å². The molecular formula is C14H28N2. The predicted molar refractivity (Wildman–Crippen MR) is 69.4 cm³/mol. The Labute approximate surface area is 101 Å². The van der Waals surface area contributed by atoms with E-state index < -0.39 is 0 Å². The number of piperidine rings is 1. The summed E-state index contributed by atoms with van der Waals surface area (Å²) in [5.41, 5.74) is 5.80. The fourth-order valence-electron chi connectivity index (χ4n) is 3.42. The van der Waals surface area contributed by atoms with Gasteiger partial charge in [0.1, 0.15) is 0 Å². The first-order chi connectivity index (χ1) is 7.88. The molecule has 0 spiro atoms. The molecule has 1 aliphatic heterocycles. The minimum absolute atomic E-state index is 0.777. The zero-order valence-corrected chi connectivity index (χ0v) is 10.7. The minimum Gasteiger partial charge on any atom is -0.330 e. The third-order valence-corrected chi connectivity index (χ3v) is 4.43. The molecule has 0 aromatic rings. The lowest BCUT2D eigenvalue weighted by Crippen LogP contribution is -2.40. The maximum absolute atomic E-state index is 5.80. The van der Waals surface area contributed by atoms with E-state index in [1.807, 2.05) is 0 Å². The second kappa shape index (κ2) is 6.61. The average Bonchev–Trinajstić information content (AvgIpc) is 2.58. The normalized spacial score (nSPS) is 30.2. The zero-order chi connectivity index (χ0) is 11.2.